The van der Waals surface area contributed by atoms with Crippen LogP contribution in [0.15, 0.2) is 58.0 Å². The maximum absolute atomic E-state index is 13.2. The number of amides is 1. The van der Waals surface area contributed by atoms with Crippen LogP contribution in [0.2, 0.25) is 10.2 Å². The van der Waals surface area contributed by atoms with Gasteiger partial charge in [-0.05, 0) is 59.9 Å². The molecule has 3 aromatic heterocycles. The van der Waals surface area contributed by atoms with Gasteiger partial charge in [0.1, 0.15) is 5.15 Å². The van der Waals surface area contributed by atoms with Crippen LogP contribution in [-0.4, -0.2) is 34.2 Å². The zero-order chi connectivity index (χ0) is 23.7. The number of allylic oxidation sites excluding steroid dienone is 1. The van der Waals surface area contributed by atoms with Gasteiger partial charge in [0.2, 0.25) is 0 Å². The molecule has 0 bridgehead atoms. The second-order valence-corrected chi connectivity index (χ2v) is 10.7. The molecule has 0 N–H and O–H groups in total. The van der Waals surface area contributed by atoms with Gasteiger partial charge in [-0.25, -0.2) is 14.8 Å². The van der Waals surface area contributed by atoms with Crippen molar-refractivity contribution in [3.8, 4) is 0 Å². The van der Waals surface area contributed by atoms with E-state index in [9.17, 15) is 9.59 Å². The molecular formula is C24H19Cl2N3O3S2. The van der Waals surface area contributed by atoms with Gasteiger partial charge in [-0.3, -0.25) is 4.79 Å². The Morgan fingerprint density at radius 2 is 2.03 bits per heavy atom. The summed E-state index contributed by atoms with van der Waals surface area (Å²) >= 11 is 15.0. The molecule has 1 aliphatic heterocycles. The SMILES string of the molecule is O=C(OCC(=O)N1N=C2/C(=C/c3cccs3)CCC[C@H]2[C@H]1c1cccs1)c1cnc(Cl)c(Cl)c1. The number of rotatable bonds is 5. The second kappa shape index (κ2) is 10.00. The fourth-order valence-corrected chi connectivity index (χ4v) is 6.13. The molecule has 10 heteroatoms. The quantitative estimate of drug-likeness (QED) is 0.278. The van der Waals surface area contributed by atoms with E-state index in [1.54, 1.807) is 22.7 Å². The zero-order valence-electron chi connectivity index (χ0n) is 17.8. The minimum absolute atomic E-state index is 0.0926. The van der Waals surface area contributed by atoms with E-state index in [2.05, 4.69) is 17.1 Å². The summed E-state index contributed by atoms with van der Waals surface area (Å²) in [5, 5.41) is 10.6. The maximum Gasteiger partial charge on any atom is 0.340 e. The summed E-state index contributed by atoms with van der Waals surface area (Å²) < 4.78 is 5.28. The lowest BCUT2D eigenvalue weighted by Gasteiger charge is -2.28. The Kier molecular flexibility index (Phi) is 6.83. The van der Waals surface area contributed by atoms with Crippen LogP contribution in [0, 0.1) is 5.92 Å². The second-order valence-electron chi connectivity index (χ2n) is 7.94. The molecule has 0 radical (unpaired) electrons. The van der Waals surface area contributed by atoms with Crippen molar-refractivity contribution >= 4 is 69.5 Å². The van der Waals surface area contributed by atoms with E-state index in [-0.39, 0.29) is 33.6 Å². The Morgan fingerprint density at radius 3 is 2.76 bits per heavy atom. The normalized spacial score (nSPS) is 20.8. The fraction of sp³-hybridized carbons (Fsp3) is 0.250. The number of aromatic nitrogens is 1. The first-order chi connectivity index (χ1) is 16.5. The summed E-state index contributed by atoms with van der Waals surface area (Å²) in [5.74, 6) is -0.968. The van der Waals surface area contributed by atoms with Crippen LogP contribution in [0.25, 0.3) is 6.08 Å². The first-order valence-corrected chi connectivity index (χ1v) is 13.2. The molecule has 0 aromatic carbocycles. The predicted octanol–water partition coefficient (Wildman–Crippen LogP) is 6.49. The van der Waals surface area contributed by atoms with Crippen LogP contribution >= 0.6 is 45.9 Å². The Hall–Kier alpha value is -2.52. The molecule has 174 valence electrons. The van der Waals surface area contributed by atoms with E-state index in [0.717, 1.165) is 35.4 Å². The van der Waals surface area contributed by atoms with Crippen molar-refractivity contribution in [2.24, 2.45) is 11.0 Å². The van der Waals surface area contributed by atoms with E-state index >= 15 is 0 Å². The molecule has 1 amide bonds. The molecule has 1 saturated carbocycles. The molecule has 1 fully saturated rings. The van der Waals surface area contributed by atoms with Gasteiger partial charge in [-0.2, -0.15) is 5.10 Å². The molecule has 4 heterocycles. The molecule has 0 saturated heterocycles. The highest BCUT2D eigenvalue weighted by Gasteiger charge is 2.44. The average molecular weight is 532 g/mol. The number of esters is 1. The average Bonchev–Trinajstić information content (AvgIpc) is 3.60. The summed E-state index contributed by atoms with van der Waals surface area (Å²) in [6, 6.07) is 9.26. The van der Waals surface area contributed by atoms with E-state index in [1.807, 2.05) is 29.0 Å². The number of hydrazone groups is 1. The van der Waals surface area contributed by atoms with Gasteiger partial charge in [0.15, 0.2) is 6.61 Å². The van der Waals surface area contributed by atoms with Crippen molar-refractivity contribution in [1.29, 1.82) is 0 Å². The number of hydrogen-bond acceptors (Lipinski definition) is 7. The summed E-state index contributed by atoms with van der Waals surface area (Å²) in [5.41, 5.74) is 2.24. The molecule has 5 rings (SSSR count). The number of carbonyl (C=O) groups is 2. The third kappa shape index (κ3) is 4.68. The standard InChI is InChI=1S/C24H19Cl2N3O3S2/c25-18-11-15(12-27-23(18)26)24(31)32-13-20(30)29-22(19-7-3-9-34-19)17-6-1-4-14(21(17)28-29)10-16-5-2-8-33-16/h2-3,5,7-12,17,22H,1,4,6,13H2/b14-10+/t17-,22+/m1/s1. The molecule has 2 aliphatic rings. The minimum Gasteiger partial charge on any atom is -0.452 e. The zero-order valence-corrected chi connectivity index (χ0v) is 21.0. The van der Waals surface area contributed by atoms with E-state index in [1.165, 1.54) is 22.1 Å². The highest BCUT2D eigenvalue weighted by molar-refractivity contribution is 7.11. The van der Waals surface area contributed by atoms with Crippen LogP contribution in [0.5, 0.6) is 0 Å². The molecule has 1 aliphatic carbocycles. The van der Waals surface area contributed by atoms with Gasteiger partial charge in [0, 0.05) is 21.9 Å². The van der Waals surface area contributed by atoms with Crippen molar-refractivity contribution in [3.05, 3.63) is 78.4 Å². The Morgan fingerprint density at radius 1 is 1.21 bits per heavy atom. The van der Waals surface area contributed by atoms with Gasteiger partial charge in [-0.15, -0.1) is 22.7 Å². The maximum atomic E-state index is 13.2. The number of ether oxygens (including phenoxy) is 1. The van der Waals surface area contributed by atoms with Gasteiger partial charge in [-0.1, -0.05) is 35.3 Å². The molecule has 2 atom stereocenters. The first kappa shape index (κ1) is 23.2. The van der Waals surface area contributed by atoms with Crippen molar-refractivity contribution in [2.45, 2.75) is 25.3 Å². The van der Waals surface area contributed by atoms with Gasteiger partial charge in [0.25, 0.3) is 5.91 Å². The monoisotopic (exact) mass is 531 g/mol. The Labute approximate surface area is 214 Å². The minimum atomic E-state index is -0.699. The molecule has 0 unspecified atom stereocenters. The summed E-state index contributed by atoms with van der Waals surface area (Å²) in [6.45, 7) is -0.436. The number of thiophene rings is 2. The molecule has 3 aromatic rings. The van der Waals surface area contributed by atoms with Crippen molar-refractivity contribution in [3.63, 3.8) is 0 Å². The molecule has 0 spiro atoms. The van der Waals surface area contributed by atoms with E-state index in [4.69, 9.17) is 33.0 Å². The van der Waals surface area contributed by atoms with Crippen molar-refractivity contribution in [2.75, 3.05) is 6.61 Å². The number of fused-ring (bicyclic) bond motifs is 1. The lowest BCUT2D eigenvalue weighted by molar-refractivity contribution is -0.136. The van der Waals surface area contributed by atoms with Crippen LogP contribution in [0.4, 0.5) is 0 Å². The van der Waals surface area contributed by atoms with Crippen LogP contribution in [0.3, 0.4) is 0 Å². The number of carbonyl (C=O) groups excluding carboxylic acids is 2. The highest BCUT2D eigenvalue weighted by Crippen LogP contribution is 2.45. The third-order valence-electron chi connectivity index (χ3n) is 5.81. The molecule has 34 heavy (non-hydrogen) atoms. The van der Waals surface area contributed by atoms with Gasteiger partial charge < -0.3 is 4.74 Å². The lowest BCUT2D eigenvalue weighted by atomic mass is 9.79. The smallest absolute Gasteiger partial charge is 0.340 e. The largest absolute Gasteiger partial charge is 0.452 e. The lowest BCUT2D eigenvalue weighted by Crippen LogP contribution is -2.34. The third-order valence-corrected chi connectivity index (χ3v) is 8.26. The summed E-state index contributed by atoms with van der Waals surface area (Å²) in [4.78, 5) is 31.8. The van der Waals surface area contributed by atoms with E-state index in [0.29, 0.717) is 0 Å². The van der Waals surface area contributed by atoms with Crippen molar-refractivity contribution < 1.29 is 14.3 Å². The topological polar surface area (TPSA) is 71.9 Å². The fourth-order valence-electron chi connectivity index (χ4n) is 4.30. The van der Waals surface area contributed by atoms with Gasteiger partial charge >= 0.3 is 5.97 Å². The Bertz CT molecular complexity index is 1270. The summed E-state index contributed by atoms with van der Waals surface area (Å²) in [6.07, 6.45) is 6.34. The molecule has 6 nitrogen and oxygen atoms in total. The van der Waals surface area contributed by atoms with E-state index < -0.39 is 12.6 Å². The van der Waals surface area contributed by atoms with Crippen LogP contribution < -0.4 is 0 Å². The van der Waals surface area contributed by atoms with Crippen LogP contribution in [-0.2, 0) is 9.53 Å². The highest BCUT2D eigenvalue weighted by atomic mass is 35.5. The number of nitrogens with zero attached hydrogens (tertiary/aromatic N) is 3. The summed E-state index contributed by atoms with van der Waals surface area (Å²) in [7, 11) is 0. The molecular weight excluding hydrogens is 513 g/mol. The number of pyridine rings is 1. The predicted molar refractivity (Wildman–Crippen MR) is 136 cm³/mol. The van der Waals surface area contributed by atoms with Gasteiger partial charge in [0.05, 0.1) is 22.3 Å². The Balaban J connectivity index is 1.38. The first-order valence-electron chi connectivity index (χ1n) is 10.7. The number of hydrogen-bond donors (Lipinski definition) is 0. The number of halogens is 2. The van der Waals surface area contributed by atoms with Crippen LogP contribution in [0.1, 0.15) is 45.4 Å². The van der Waals surface area contributed by atoms with Crippen molar-refractivity contribution in [1.82, 2.24) is 9.99 Å².